The van der Waals surface area contributed by atoms with E-state index in [0.29, 0.717) is 5.16 Å². The molecule has 20 heavy (non-hydrogen) atoms. The van der Waals surface area contributed by atoms with Crippen LogP contribution in [0.15, 0.2) is 23.5 Å². The monoisotopic (exact) mass is 292 g/mol. The van der Waals surface area contributed by atoms with Crippen LogP contribution in [0.25, 0.3) is 5.69 Å². The lowest BCUT2D eigenvalue weighted by atomic mass is 10.2. The predicted molar refractivity (Wildman–Crippen MR) is 76.3 cm³/mol. The second-order valence-corrected chi connectivity index (χ2v) is 5.56. The molecule has 106 valence electrons. The zero-order valence-corrected chi connectivity index (χ0v) is 12.4. The summed E-state index contributed by atoms with van der Waals surface area (Å²) in [5, 5.41) is 17.7. The summed E-state index contributed by atoms with van der Waals surface area (Å²) in [6, 6.07) is 3.78. The van der Waals surface area contributed by atoms with Gasteiger partial charge in [0.1, 0.15) is 5.82 Å². The molecule has 0 unspecified atom stereocenters. The Morgan fingerprint density at radius 3 is 2.80 bits per heavy atom. The zero-order chi connectivity index (χ0) is 14.7. The molecule has 7 heteroatoms. The lowest BCUT2D eigenvalue weighted by molar-refractivity contribution is -0.133. The molecule has 0 spiro atoms. The van der Waals surface area contributed by atoms with Crippen molar-refractivity contribution in [1.82, 2.24) is 19.7 Å². The number of carboxylic acid groups (broad SMARTS) is 1. The minimum Gasteiger partial charge on any atom is -0.481 e. The molecule has 0 aliphatic heterocycles. The van der Waals surface area contributed by atoms with Gasteiger partial charge in [0.25, 0.3) is 0 Å². The fourth-order valence-corrected chi connectivity index (χ4v) is 2.49. The van der Waals surface area contributed by atoms with Crippen molar-refractivity contribution >= 4 is 17.7 Å². The third-order valence-corrected chi connectivity index (χ3v) is 3.63. The third-order valence-electron chi connectivity index (χ3n) is 2.72. The van der Waals surface area contributed by atoms with Crippen LogP contribution in [0.5, 0.6) is 0 Å². The number of pyridine rings is 1. The summed E-state index contributed by atoms with van der Waals surface area (Å²) < 4.78 is 1.89. The van der Waals surface area contributed by atoms with Crippen LogP contribution < -0.4 is 0 Å². The van der Waals surface area contributed by atoms with Gasteiger partial charge >= 0.3 is 5.97 Å². The first-order valence-corrected chi connectivity index (χ1v) is 7.21. The van der Waals surface area contributed by atoms with Crippen molar-refractivity contribution in [2.45, 2.75) is 31.8 Å². The van der Waals surface area contributed by atoms with Crippen LogP contribution in [-0.4, -0.2) is 36.6 Å². The quantitative estimate of drug-likeness (QED) is 0.851. The Morgan fingerprint density at radius 1 is 1.45 bits per heavy atom. The number of nitrogens with zero attached hydrogens (tertiary/aromatic N) is 4. The zero-order valence-electron chi connectivity index (χ0n) is 11.6. The Kier molecular flexibility index (Phi) is 4.39. The van der Waals surface area contributed by atoms with Crippen LogP contribution in [0, 0.1) is 6.92 Å². The number of aromatic nitrogens is 4. The van der Waals surface area contributed by atoms with Gasteiger partial charge < -0.3 is 5.11 Å². The van der Waals surface area contributed by atoms with Crippen molar-refractivity contribution in [2.75, 3.05) is 5.75 Å². The predicted octanol–water partition coefficient (Wildman–Crippen LogP) is 2.27. The van der Waals surface area contributed by atoms with Gasteiger partial charge in [-0.2, -0.15) is 0 Å². The van der Waals surface area contributed by atoms with Crippen molar-refractivity contribution in [3.05, 3.63) is 29.8 Å². The van der Waals surface area contributed by atoms with E-state index in [1.165, 1.54) is 0 Å². The van der Waals surface area contributed by atoms with Crippen LogP contribution in [0.4, 0.5) is 0 Å². The summed E-state index contributed by atoms with van der Waals surface area (Å²) in [5.41, 5.74) is 1.74. The Labute approximate surface area is 121 Å². The van der Waals surface area contributed by atoms with Crippen LogP contribution >= 0.6 is 11.8 Å². The highest BCUT2D eigenvalue weighted by Crippen LogP contribution is 2.26. The Hall–Kier alpha value is -1.89. The first kappa shape index (κ1) is 14.5. The van der Waals surface area contributed by atoms with Gasteiger partial charge in [0.15, 0.2) is 5.16 Å². The molecule has 0 amide bonds. The number of aliphatic carboxylic acids is 1. The normalized spacial score (nSPS) is 11.0. The molecule has 0 saturated heterocycles. The van der Waals surface area contributed by atoms with Crippen LogP contribution in [0.3, 0.4) is 0 Å². The number of aryl methyl sites for hydroxylation is 1. The molecule has 2 heterocycles. The van der Waals surface area contributed by atoms with Crippen molar-refractivity contribution in [1.29, 1.82) is 0 Å². The Bertz CT molecular complexity index is 625. The lowest BCUT2D eigenvalue weighted by Crippen LogP contribution is -2.08. The van der Waals surface area contributed by atoms with Crippen molar-refractivity contribution in [3.8, 4) is 5.69 Å². The largest absolute Gasteiger partial charge is 0.481 e. The second-order valence-electron chi connectivity index (χ2n) is 4.62. The summed E-state index contributed by atoms with van der Waals surface area (Å²) in [5.74, 6) is 0.0593. The van der Waals surface area contributed by atoms with E-state index in [0.717, 1.165) is 29.0 Å². The molecule has 2 rings (SSSR count). The lowest BCUT2D eigenvalue weighted by Gasteiger charge is -2.13. The summed E-state index contributed by atoms with van der Waals surface area (Å²) in [6.07, 6.45) is 1.72. The molecule has 0 aliphatic rings. The van der Waals surface area contributed by atoms with Crippen LogP contribution in [-0.2, 0) is 4.79 Å². The van der Waals surface area contributed by atoms with E-state index in [9.17, 15) is 4.79 Å². The third kappa shape index (κ3) is 2.98. The Balaban J connectivity index is 2.50. The number of carbonyl (C=O) groups is 1. The molecule has 0 aromatic carbocycles. The SMILES string of the molecule is Cc1ncccc1-n1c(SCC(=O)O)nnc1C(C)C. The molecule has 0 saturated carbocycles. The molecule has 0 fully saturated rings. The van der Waals surface area contributed by atoms with Crippen molar-refractivity contribution in [3.63, 3.8) is 0 Å². The topological polar surface area (TPSA) is 80.9 Å². The highest BCUT2D eigenvalue weighted by molar-refractivity contribution is 7.99. The van der Waals surface area contributed by atoms with E-state index in [4.69, 9.17) is 5.11 Å². The molecule has 0 aliphatic carbocycles. The molecule has 0 atom stereocenters. The van der Waals surface area contributed by atoms with Gasteiger partial charge in [-0.3, -0.25) is 14.3 Å². The fourth-order valence-electron chi connectivity index (χ4n) is 1.81. The van der Waals surface area contributed by atoms with Crippen LogP contribution in [0.2, 0.25) is 0 Å². The molecule has 6 nitrogen and oxygen atoms in total. The summed E-state index contributed by atoms with van der Waals surface area (Å²) in [4.78, 5) is 15.0. The first-order chi connectivity index (χ1) is 9.50. The van der Waals surface area contributed by atoms with E-state index >= 15 is 0 Å². The van der Waals surface area contributed by atoms with Crippen molar-refractivity contribution < 1.29 is 9.90 Å². The van der Waals surface area contributed by atoms with Gasteiger partial charge in [-0.1, -0.05) is 25.6 Å². The maximum Gasteiger partial charge on any atom is 0.313 e. The fraction of sp³-hybridized carbons (Fsp3) is 0.385. The summed E-state index contributed by atoms with van der Waals surface area (Å²) in [6.45, 7) is 5.96. The average Bonchev–Trinajstić information content (AvgIpc) is 2.80. The molecule has 0 bridgehead atoms. The standard InChI is InChI=1S/C13H16N4O2S/c1-8(2)12-15-16-13(20-7-11(18)19)17(12)10-5-4-6-14-9(10)3/h4-6,8H,7H2,1-3H3,(H,18,19). The number of hydrogen-bond donors (Lipinski definition) is 1. The minimum absolute atomic E-state index is 0.0461. The number of hydrogen-bond acceptors (Lipinski definition) is 5. The maximum absolute atomic E-state index is 10.7. The Morgan fingerprint density at radius 2 is 2.20 bits per heavy atom. The van der Waals surface area contributed by atoms with E-state index in [2.05, 4.69) is 15.2 Å². The molecular formula is C13H16N4O2S. The van der Waals surface area contributed by atoms with Crippen LogP contribution in [0.1, 0.15) is 31.3 Å². The molecule has 0 radical (unpaired) electrons. The second kappa shape index (κ2) is 6.04. The summed E-state index contributed by atoms with van der Waals surface area (Å²) in [7, 11) is 0. The van der Waals surface area contributed by atoms with Gasteiger partial charge in [0.05, 0.1) is 17.1 Å². The van der Waals surface area contributed by atoms with E-state index in [-0.39, 0.29) is 11.7 Å². The van der Waals surface area contributed by atoms with Crippen molar-refractivity contribution in [2.24, 2.45) is 0 Å². The number of thioether (sulfide) groups is 1. The minimum atomic E-state index is -0.876. The first-order valence-electron chi connectivity index (χ1n) is 6.22. The van der Waals surface area contributed by atoms with Gasteiger partial charge in [0, 0.05) is 12.1 Å². The van der Waals surface area contributed by atoms with E-state index < -0.39 is 5.97 Å². The number of carboxylic acids is 1. The molecular weight excluding hydrogens is 276 g/mol. The van der Waals surface area contributed by atoms with E-state index in [1.807, 2.05) is 37.5 Å². The van der Waals surface area contributed by atoms with Gasteiger partial charge in [-0.15, -0.1) is 10.2 Å². The molecule has 2 aromatic heterocycles. The highest BCUT2D eigenvalue weighted by atomic mass is 32.2. The summed E-state index contributed by atoms with van der Waals surface area (Å²) >= 11 is 1.16. The smallest absolute Gasteiger partial charge is 0.313 e. The number of rotatable bonds is 5. The average molecular weight is 292 g/mol. The molecule has 1 N–H and O–H groups in total. The van der Waals surface area contributed by atoms with Gasteiger partial charge in [-0.05, 0) is 19.1 Å². The highest BCUT2D eigenvalue weighted by Gasteiger charge is 2.19. The van der Waals surface area contributed by atoms with Gasteiger partial charge in [0.2, 0.25) is 0 Å². The van der Waals surface area contributed by atoms with Gasteiger partial charge in [-0.25, -0.2) is 0 Å². The van der Waals surface area contributed by atoms with E-state index in [1.54, 1.807) is 6.20 Å². The maximum atomic E-state index is 10.7. The molecule has 2 aromatic rings.